The first-order valence-electron chi connectivity index (χ1n) is 11.8. The monoisotopic (exact) mass is 501 g/mol. The Morgan fingerprint density at radius 2 is 1.78 bits per heavy atom. The number of benzene rings is 3. The van der Waals surface area contributed by atoms with Crippen LogP contribution in [0, 0.1) is 0 Å². The number of rotatable bonds is 5. The molecule has 186 valence electrons. The molecule has 0 unspecified atom stereocenters. The summed E-state index contributed by atoms with van der Waals surface area (Å²) in [6, 6.07) is 20.5. The van der Waals surface area contributed by atoms with Gasteiger partial charge in [-0.1, -0.05) is 12.1 Å². The van der Waals surface area contributed by atoms with Gasteiger partial charge in [0.05, 0.1) is 64.1 Å². The van der Waals surface area contributed by atoms with Crippen molar-refractivity contribution in [3.05, 3.63) is 89.9 Å². The van der Waals surface area contributed by atoms with Crippen molar-refractivity contribution in [2.45, 2.75) is 25.1 Å². The number of ether oxygens (including phenoxy) is 1. The van der Waals surface area contributed by atoms with Crippen LogP contribution >= 0.6 is 0 Å². The maximum Gasteiger partial charge on any atom is 0.416 e. The average Bonchev–Trinajstić information content (AvgIpc) is 3.72. The summed E-state index contributed by atoms with van der Waals surface area (Å²) in [6.45, 7) is 0. The van der Waals surface area contributed by atoms with Gasteiger partial charge in [0, 0.05) is 11.8 Å². The number of halogens is 3. The molecule has 2 aromatic carbocycles. The highest BCUT2D eigenvalue weighted by molar-refractivity contribution is 5.84. The number of anilines is 2. The maximum atomic E-state index is 13.2. The molecule has 0 bridgehead atoms. The quantitative estimate of drug-likeness (QED) is 0.285. The van der Waals surface area contributed by atoms with Crippen molar-refractivity contribution < 1.29 is 17.9 Å². The Hall–Kier alpha value is -4.40. The summed E-state index contributed by atoms with van der Waals surface area (Å²) in [5.41, 5.74) is 4.38. The molecular weight excluding hydrogens is 479 g/mol. The minimum absolute atomic E-state index is 0.250. The Balaban J connectivity index is 1.56. The second-order valence-electron chi connectivity index (χ2n) is 8.91. The fourth-order valence-corrected chi connectivity index (χ4v) is 4.26. The highest BCUT2D eigenvalue weighted by atomic mass is 19.4. The smallest absolute Gasteiger partial charge is 0.416 e. The minimum Gasteiger partial charge on any atom is -0.481 e. The van der Waals surface area contributed by atoms with Gasteiger partial charge >= 0.3 is 6.18 Å². The lowest BCUT2D eigenvalue weighted by Gasteiger charge is -2.20. The van der Waals surface area contributed by atoms with Crippen molar-refractivity contribution in [3.8, 4) is 23.0 Å². The normalized spacial score (nSPS) is 14.3. The summed E-state index contributed by atoms with van der Waals surface area (Å²) in [6.07, 6.45) is -0.675. The molecule has 0 saturated heterocycles. The van der Waals surface area contributed by atoms with Crippen LogP contribution in [0.3, 0.4) is 0 Å². The number of para-hydroxylation sites is 2. The molecule has 0 spiro atoms. The zero-order chi connectivity index (χ0) is 25.6. The van der Waals surface area contributed by atoms with E-state index in [0.717, 1.165) is 58.4 Å². The Morgan fingerprint density at radius 3 is 2.46 bits per heavy atom. The summed E-state index contributed by atoms with van der Waals surface area (Å²) < 4.78 is 46.8. The molecule has 1 N–H and O–H groups in total. The average molecular weight is 502 g/mol. The number of hydrogen-bond donors (Lipinski definition) is 1. The van der Waals surface area contributed by atoms with Crippen molar-refractivity contribution in [2.24, 2.45) is 4.99 Å². The summed E-state index contributed by atoms with van der Waals surface area (Å²) in [4.78, 5) is 14.0. The van der Waals surface area contributed by atoms with E-state index >= 15 is 0 Å². The molecule has 1 aromatic heterocycles. The highest BCUT2D eigenvalue weighted by Crippen LogP contribution is 2.33. The maximum absolute atomic E-state index is 13.2. The molecule has 1 aliphatic heterocycles. The van der Waals surface area contributed by atoms with E-state index in [1.165, 1.54) is 12.1 Å². The second kappa shape index (κ2) is 8.92. The molecule has 3 aromatic rings. The van der Waals surface area contributed by atoms with E-state index in [-0.39, 0.29) is 6.04 Å². The van der Waals surface area contributed by atoms with E-state index in [2.05, 4.69) is 10.3 Å². The van der Waals surface area contributed by atoms with E-state index in [1.54, 1.807) is 19.4 Å². The van der Waals surface area contributed by atoms with Crippen LogP contribution in [0.25, 0.3) is 28.1 Å². The SMILES string of the molecule is COc1ccc(Nc2cc3nc4ccccc4n(-c4ccc(C(F)(F)F)cc4)c-3cc2=NC2CC2)cn1. The Kier molecular flexibility index (Phi) is 5.55. The van der Waals surface area contributed by atoms with E-state index in [9.17, 15) is 13.2 Å². The summed E-state index contributed by atoms with van der Waals surface area (Å²) >= 11 is 0. The van der Waals surface area contributed by atoms with E-state index < -0.39 is 11.7 Å². The van der Waals surface area contributed by atoms with Crippen molar-refractivity contribution in [1.29, 1.82) is 0 Å². The number of aromatic nitrogens is 3. The van der Waals surface area contributed by atoms with Crippen LogP contribution in [0.5, 0.6) is 5.88 Å². The molecule has 0 atom stereocenters. The third-order valence-electron chi connectivity index (χ3n) is 6.24. The standard InChI is InChI=1S/C28H22F3N5O/c1-37-27-13-10-19(16-32-27)34-22-14-24-26(15-23(22)33-18-8-9-18)36(25-5-3-2-4-21(25)35-24)20-11-6-17(7-12-20)28(29,30)31/h2-7,10-16,18,34H,8-9H2,1H3. The second-order valence-corrected chi connectivity index (χ2v) is 8.91. The molecule has 1 saturated carbocycles. The van der Waals surface area contributed by atoms with Gasteiger partial charge in [-0.15, -0.1) is 0 Å². The van der Waals surface area contributed by atoms with Crippen LogP contribution in [0.2, 0.25) is 0 Å². The zero-order valence-electron chi connectivity index (χ0n) is 19.8. The molecular formula is C28H22F3N5O. The van der Waals surface area contributed by atoms with E-state index in [4.69, 9.17) is 14.7 Å². The lowest BCUT2D eigenvalue weighted by Crippen LogP contribution is -2.16. The Labute approximate surface area is 210 Å². The summed E-state index contributed by atoms with van der Waals surface area (Å²) in [7, 11) is 1.56. The largest absolute Gasteiger partial charge is 0.481 e. The van der Waals surface area contributed by atoms with Crippen LogP contribution in [-0.2, 0) is 6.18 Å². The molecule has 1 fully saturated rings. The van der Waals surface area contributed by atoms with Gasteiger partial charge < -0.3 is 14.6 Å². The predicted octanol–water partition coefficient (Wildman–Crippen LogP) is 6.36. The molecule has 2 heterocycles. The lowest BCUT2D eigenvalue weighted by atomic mass is 10.1. The van der Waals surface area contributed by atoms with Gasteiger partial charge in [-0.25, -0.2) is 9.97 Å². The first-order valence-corrected chi connectivity index (χ1v) is 11.8. The Morgan fingerprint density at radius 1 is 1.00 bits per heavy atom. The van der Waals surface area contributed by atoms with Gasteiger partial charge in [-0.05, 0) is 67.4 Å². The number of nitrogens with zero attached hydrogens (tertiary/aromatic N) is 4. The Bertz CT molecular complexity index is 1620. The van der Waals surface area contributed by atoms with Gasteiger partial charge in [0.15, 0.2) is 0 Å². The number of hydrogen-bond acceptors (Lipinski definition) is 5. The van der Waals surface area contributed by atoms with E-state index in [1.807, 2.05) is 47.0 Å². The van der Waals surface area contributed by atoms with Crippen molar-refractivity contribution >= 4 is 22.4 Å². The van der Waals surface area contributed by atoms with Crippen LogP contribution in [-0.4, -0.2) is 27.7 Å². The van der Waals surface area contributed by atoms with Crippen LogP contribution in [0.4, 0.5) is 24.5 Å². The van der Waals surface area contributed by atoms with Crippen LogP contribution in [0.1, 0.15) is 18.4 Å². The minimum atomic E-state index is -4.40. The fourth-order valence-electron chi connectivity index (χ4n) is 4.26. The zero-order valence-corrected chi connectivity index (χ0v) is 19.8. The predicted molar refractivity (Wildman–Crippen MR) is 135 cm³/mol. The third kappa shape index (κ3) is 4.60. The molecule has 37 heavy (non-hydrogen) atoms. The molecule has 9 heteroatoms. The summed E-state index contributed by atoms with van der Waals surface area (Å²) in [5, 5.41) is 4.15. The molecule has 0 radical (unpaired) electrons. The van der Waals surface area contributed by atoms with E-state index in [0.29, 0.717) is 17.3 Å². The first-order chi connectivity index (χ1) is 17.9. The first kappa shape index (κ1) is 23.0. The van der Waals surface area contributed by atoms with Crippen molar-refractivity contribution in [3.63, 3.8) is 0 Å². The topological polar surface area (TPSA) is 64.3 Å². The summed E-state index contributed by atoms with van der Waals surface area (Å²) in [5.74, 6) is 0.512. The molecule has 6 nitrogen and oxygen atoms in total. The van der Waals surface area contributed by atoms with Crippen molar-refractivity contribution in [2.75, 3.05) is 12.4 Å². The molecule has 2 aliphatic carbocycles. The van der Waals surface area contributed by atoms with Gasteiger partial charge in [0.2, 0.25) is 5.88 Å². The van der Waals surface area contributed by atoms with Gasteiger partial charge in [0.25, 0.3) is 0 Å². The number of methoxy groups -OCH3 is 1. The highest BCUT2D eigenvalue weighted by Gasteiger charge is 2.30. The van der Waals surface area contributed by atoms with Gasteiger partial charge in [0.1, 0.15) is 0 Å². The molecule has 0 amide bonds. The van der Waals surface area contributed by atoms with Gasteiger partial charge in [-0.2, -0.15) is 13.2 Å². The fraction of sp³-hybridized carbons (Fsp3) is 0.179. The number of fused-ring (bicyclic) bond motifs is 2. The number of alkyl halides is 3. The number of pyridine rings is 1. The van der Waals surface area contributed by atoms with Crippen molar-refractivity contribution in [1.82, 2.24) is 14.5 Å². The van der Waals surface area contributed by atoms with Crippen LogP contribution < -0.4 is 15.4 Å². The number of nitrogens with one attached hydrogen (secondary N) is 1. The van der Waals surface area contributed by atoms with Gasteiger partial charge in [-0.3, -0.25) is 4.99 Å². The molecule has 6 rings (SSSR count). The lowest BCUT2D eigenvalue weighted by molar-refractivity contribution is -0.137. The molecule has 3 aliphatic rings. The third-order valence-corrected chi connectivity index (χ3v) is 6.24. The van der Waals surface area contributed by atoms with Crippen LogP contribution in [0.15, 0.2) is 84.0 Å².